The van der Waals surface area contributed by atoms with Gasteiger partial charge in [0.1, 0.15) is 10.6 Å². The van der Waals surface area contributed by atoms with Gasteiger partial charge in [0, 0.05) is 26.2 Å². The third-order valence-electron chi connectivity index (χ3n) is 4.06. The number of likely N-dealkylation sites (tertiary alicyclic amines) is 1. The number of carbonyl (C=O) groups is 2. The third-order valence-corrected chi connectivity index (χ3v) is 5.20. The van der Waals surface area contributed by atoms with Crippen molar-refractivity contribution in [3.8, 4) is 0 Å². The van der Waals surface area contributed by atoms with Crippen LogP contribution in [0.4, 0.5) is 9.80 Å². The van der Waals surface area contributed by atoms with Gasteiger partial charge in [0.2, 0.25) is 0 Å². The highest BCUT2D eigenvalue weighted by atomic mass is 32.1. The first-order chi connectivity index (χ1) is 11.5. The summed E-state index contributed by atoms with van der Waals surface area (Å²) in [5.41, 5.74) is -0.543. The van der Waals surface area contributed by atoms with Gasteiger partial charge in [0.15, 0.2) is 5.58 Å². The molecule has 128 valence electrons. The van der Waals surface area contributed by atoms with Crippen LogP contribution < -0.4 is 10.5 Å². The van der Waals surface area contributed by atoms with E-state index in [1.54, 1.807) is 18.0 Å². The van der Waals surface area contributed by atoms with Crippen molar-refractivity contribution in [2.24, 2.45) is 0 Å². The van der Waals surface area contributed by atoms with Crippen LogP contribution in [-0.4, -0.2) is 44.1 Å². The average molecular weight is 350 g/mol. The van der Waals surface area contributed by atoms with Crippen LogP contribution in [0.25, 0.3) is 10.3 Å². The maximum absolute atomic E-state index is 12.6. The van der Waals surface area contributed by atoms with Crippen molar-refractivity contribution in [1.29, 1.82) is 0 Å². The van der Waals surface area contributed by atoms with Gasteiger partial charge in [-0.05, 0) is 25.3 Å². The Labute approximate surface area is 142 Å². The zero-order valence-electron chi connectivity index (χ0n) is 13.5. The van der Waals surface area contributed by atoms with Crippen LogP contribution in [-0.2, 0) is 4.74 Å². The molecule has 0 spiro atoms. The Morgan fingerprint density at radius 2 is 1.96 bits per heavy atom. The molecule has 0 saturated carbocycles. The highest BCUT2D eigenvalue weighted by Gasteiger charge is 2.23. The van der Waals surface area contributed by atoms with Crippen LogP contribution in [0.15, 0.2) is 21.3 Å². The molecular weight excluding hydrogens is 332 g/mol. The minimum atomic E-state index is -0.747. The van der Waals surface area contributed by atoms with E-state index in [2.05, 4.69) is 4.74 Å². The second-order valence-electron chi connectivity index (χ2n) is 5.64. The van der Waals surface area contributed by atoms with Crippen molar-refractivity contribution in [3.05, 3.63) is 28.1 Å². The van der Waals surface area contributed by atoms with Crippen LogP contribution >= 0.6 is 11.3 Å². The molecule has 2 aromatic heterocycles. The van der Waals surface area contributed by atoms with Gasteiger partial charge in [-0.15, -0.1) is 11.3 Å². The first kappa shape index (κ1) is 16.5. The molecule has 3 heterocycles. The van der Waals surface area contributed by atoms with Crippen molar-refractivity contribution >= 4 is 38.6 Å². The summed E-state index contributed by atoms with van der Waals surface area (Å²) in [5.74, 6) is -0.738. The van der Waals surface area contributed by atoms with Crippen molar-refractivity contribution in [3.63, 3.8) is 0 Å². The summed E-state index contributed by atoms with van der Waals surface area (Å²) in [6.07, 6.45) is 3.19. The molecule has 0 bridgehead atoms. The molecule has 1 aliphatic heterocycles. The number of urea groups is 1. The number of amides is 2. The number of rotatable bonds is 2. The first-order valence-corrected chi connectivity index (χ1v) is 8.51. The molecule has 8 heteroatoms. The predicted octanol–water partition coefficient (Wildman–Crippen LogP) is 2.68. The maximum atomic E-state index is 12.6. The van der Waals surface area contributed by atoms with Gasteiger partial charge in [0.25, 0.3) is 0 Å². The summed E-state index contributed by atoms with van der Waals surface area (Å²) in [5, 5.41) is 0.658. The van der Waals surface area contributed by atoms with E-state index >= 15 is 0 Å². The highest BCUT2D eigenvalue weighted by Crippen LogP contribution is 2.32. The molecule has 0 unspecified atom stereocenters. The topological polar surface area (TPSA) is 80.1 Å². The molecule has 0 radical (unpaired) electrons. The molecule has 2 aromatic rings. The van der Waals surface area contributed by atoms with E-state index in [1.165, 1.54) is 24.5 Å². The second kappa shape index (κ2) is 6.64. The first-order valence-electron chi connectivity index (χ1n) is 7.70. The summed E-state index contributed by atoms with van der Waals surface area (Å²) in [4.78, 5) is 39.4. The lowest BCUT2D eigenvalue weighted by Gasteiger charge is -2.30. The van der Waals surface area contributed by atoms with E-state index < -0.39 is 11.6 Å². The molecule has 1 saturated heterocycles. The van der Waals surface area contributed by atoms with Gasteiger partial charge >= 0.3 is 17.6 Å². The van der Waals surface area contributed by atoms with E-state index in [4.69, 9.17) is 4.42 Å². The quantitative estimate of drug-likeness (QED) is 0.778. The standard InChI is InChI=1S/C16H18N2O5S/c1-17(16(21)18-6-4-3-5-7-18)13-9-11-12(24-13)8-10(14(19)22-2)15(20)23-11/h8-9H,3-7H2,1-2H3. The molecule has 0 aliphatic carbocycles. The summed E-state index contributed by atoms with van der Waals surface area (Å²) < 4.78 is 10.4. The Bertz CT molecular complexity index is 835. The van der Waals surface area contributed by atoms with E-state index in [9.17, 15) is 14.4 Å². The normalized spacial score (nSPS) is 14.7. The number of thiophene rings is 1. The van der Waals surface area contributed by atoms with Gasteiger partial charge < -0.3 is 14.1 Å². The maximum Gasteiger partial charge on any atom is 0.351 e. The summed E-state index contributed by atoms with van der Waals surface area (Å²) in [7, 11) is 2.90. The molecule has 2 amide bonds. The molecule has 7 nitrogen and oxygen atoms in total. The number of ether oxygens (including phenoxy) is 1. The zero-order valence-corrected chi connectivity index (χ0v) is 14.4. The van der Waals surface area contributed by atoms with Crippen molar-refractivity contribution < 1.29 is 18.7 Å². The predicted molar refractivity (Wildman–Crippen MR) is 90.9 cm³/mol. The Kier molecular flexibility index (Phi) is 4.57. The van der Waals surface area contributed by atoms with Crippen LogP contribution in [0.5, 0.6) is 0 Å². The molecule has 24 heavy (non-hydrogen) atoms. The lowest BCUT2D eigenvalue weighted by molar-refractivity contribution is 0.0596. The van der Waals surface area contributed by atoms with E-state index in [0.29, 0.717) is 15.3 Å². The van der Waals surface area contributed by atoms with Crippen LogP contribution in [0.2, 0.25) is 0 Å². The fourth-order valence-electron chi connectivity index (χ4n) is 2.71. The molecule has 3 rings (SSSR count). The van der Waals surface area contributed by atoms with E-state index in [0.717, 1.165) is 32.4 Å². The summed E-state index contributed by atoms with van der Waals surface area (Å²) in [6.45, 7) is 1.52. The zero-order chi connectivity index (χ0) is 17.3. The van der Waals surface area contributed by atoms with Crippen LogP contribution in [0, 0.1) is 0 Å². The van der Waals surface area contributed by atoms with Gasteiger partial charge in [-0.2, -0.15) is 0 Å². The van der Waals surface area contributed by atoms with Crippen molar-refractivity contribution in [1.82, 2.24) is 4.90 Å². The smallest absolute Gasteiger partial charge is 0.351 e. The Morgan fingerprint density at radius 1 is 1.25 bits per heavy atom. The third kappa shape index (κ3) is 3.01. The minimum Gasteiger partial charge on any atom is -0.465 e. The Morgan fingerprint density at radius 3 is 2.62 bits per heavy atom. The number of nitrogens with zero attached hydrogens (tertiary/aromatic N) is 2. The number of fused-ring (bicyclic) bond motifs is 1. The average Bonchev–Trinajstić information content (AvgIpc) is 3.02. The molecule has 0 N–H and O–H groups in total. The second-order valence-corrected chi connectivity index (χ2v) is 6.70. The number of methoxy groups -OCH3 is 1. The molecule has 0 atom stereocenters. The van der Waals surface area contributed by atoms with Crippen molar-refractivity contribution in [2.75, 3.05) is 32.1 Å². The Balaban J connectivity index is 1.91. The molecule has 1 fully saturated rings. The molecular formula is C16H18N2O5S. The monoisotopic (exact) mass is 350 g/mol. The fourth-order valence-corrected chi connectivity index (χ4v) is 3.69. The minimum absolute atomic E-state index is 0.0724. The number of anilines is 1. The lowest BCUT2D eigenvalue weighted by Crippen LogP contribution is -2.43. The number of hydrogen-bond acceptors (Lipinski definition) is 6. The number of carbonyl (C=O) groups excluding carboxylic acids is 2. The molecule has 1 aliphatic rings. The largest absolute Gasteiger partial charge is 0.465 e. The summed E-state index contributed by atoms with van der Waals surface area (Å²) >= 11 is 1.29. The van der Waals surface area contributed by atoms with E-state index in [1.807, 2.05) is 4.90 Å². The molecule has 0 aromatic carbocycles. The number of hydrogen-bond donors (Lipinski definition) is 0. The SMILES string of the molecule is COC(=O)c1cc2sc(N(C)C(=O)N3CCCCC3)cc2oc1=O. The Hall–Kier alpha value is -2.35. The van der Waals surface area contributed by atoms with Crippen LogP contribution in [0.1, 0.15) is 29.6 Å². The summed E-state index contributed by atoms with van der Waals surface area (Å²) in [6, 6.07) is 3.02. The van der Waals surface area contributed by atoms with Gasteiger partial charge in [-0.1, -0.05) is 0 Å². The highest BCUT2D eigenvalue weighted by molar-refractivity contribution is 7.22. The number of esters is 1. The number of piperidine rings is 1. The van der Waals surface area contributed by atoms with Gasteiger partial charge in [0.05, 0.1) is 11.8 Å². The van der Waals surface area contributed by atoms with Crippen LogP contribution in [0.3, 0.4) is 0 Å². The van der Waals surface area contributed by atoms with Crippen molar-refractivity contribution in [2.45, 2.75) is 19.3 Å². The van der Waals surface area contributed by atoms with Gasteiger partial charge in [-0.25, -0.2) is 14.4 Å². The van der Waals surface area contributed by atoms with E-state index in [-0.39, 0.29) is 11.6 Å². The lowest BCUT2D eigenvalue weighted by atomic mass is 10.1. The fraction of sp³-hybridized carbons (Fsp3) is 0.438. The van der Waals surface area contributed by atoms with Gasteiger partial charge in [-0.3, -0.25) is 4.90 Å².